The average molecular weight is 388 g/mol. The number of alkyl halides is 3. The van der Waals surface area contributed by atoms with E-state index in [1.54, 1.807) is 4.90 Å². The van der Waals surface area contributed by atoms with Gasteiger partial charge in [0.1, 0.15) is 0 Å². The van der Waals surface area contributed by atoms with Gasteiger partial charge >= 0.3 is 6.18 Å². The molecule has 4 rings (SSSR count). The van der Waals surface area contributed by atoms with Gasteiger partial charge in [-0.3, -0.25) is 9.59 Å². The summed E-state index contributed by atoms with van der Waals surface area (Å²) in [5.41, 5.74) is 1.62. The number of para-hydroxylation sites is 1. The SMILES string of the molecule is O=C1CC(C(=O)N2CCCc3ccccc32)CN1c1ccc(C(F)(F)F)cc1. The number of amides is 2. The first-order chi connectivity index (χ1) is 13.3. The zero-order chi connectivity index (χ0) is 19.9. The summed E-state index contributed by atoms with van der Waals surface area (Å²) in [5.74, 6) is -0.848. The molecular formula is C21H19F3N2O2. The Morgan fingerprint density at radius 1 is 1.04 bits per heavy atom. The van der Waals surface area contributed by atoms with Crippen molar-refractivity contribution >= 4 is 23.2 Å². The predicted molar refractivity (Wildman–Crippen MR) is 99.0 cm³/mol. The highest BCUT2D eigenvalue weighted by atomic mass is 19.4. The summed E-state index contributed by atoms with van der Waals surface area (Å²) in [7, 11) is 0. The summed E-state index contributed by atoms with van der Waals surface area (Å²) in [6.45, 7) is 0.794. The van der Waals surface area contributed by atoms with Crippen molar-refractivity contribution in [1.82, 2.24) is 0 Å². The van der Waals surface area contributed by atoms with Gasteiger partial charge in [0.05, 0.1) is 11.5 Å². The highest BCUT2D eigenvalue weighted by molar-refractivity contribution is 6.04. The fourth-order valence-electron chi connectivity index (χ4n) is 3.94. The van der Waals surface area contributed by atoms with Crippen LogP contribution in [0.3, 0.4) is 0 Å². The lowest BCUT2D eigenvalue weighted by Crippen LogP contribution is -2.40. The Hall–Kier alpha value is -2.83. The van der Waals surface area contributed by atoms with Crippen LogP contribution < -0.4 is 9.80 Å². The minimum Gasteiger partial charge on any atom is -0.312 e. The Kier molecular flexibility index (Phi) is 4.61. The second kappa shape index (κ2) is 6.96. The standard InChI is InChI=1S/C21H19F3N2O2/c22-21(23,24)16-7-9-17(10-8-16)26-13-15(12-19(26)27)20(28)25-11-3-5-14-4-1-2-6-18(14)25/h1-2,4,6-10,15H,3,5,11-13H2. The molecule has 1 unspecified atom stereocenters. The first-order valence-corrected chi connectivity index (χ1v) is 9.21. The van der Waals surface area contributed by atoms with E-state index in [2.05, 4.69) is 0 Å². The molecule has 1 fully saturated rings. The van der Waals surface area contributed by atoms with Crippen molar-refractivity contribution in [1.29, 1.82) is 0 Å². The molecule has 0 aromatic heterocycles. The average Bonchev–Trinajstić information content (AvgIpc) is 3.08. The molecule has 2 heterocycles. The second-order valence-corrected chi connectivity index (χ2v) is 7.17. The van der Waals surface area contributed by atoms with Gasteiger partial charge in [0.15, 0.2) is 0 Å². The number of carbonyl (C=O) groups excluding carboxylic acids is 2. The lowest BCUT2D eigenvalue weighted by atomic mass is 9.99. The molecule has 4 nitrogen and oxygen atoms in total. The molecule has 0 bridgehead atoms. The molecule has 0 aliphatic carbocycles. The highest BCUT2D eigenvalue weighted by Gasteiger charge is 2.39. The van der Waals surface area contributed by atoms with Crippen LogP contribution in [-0.4, -0.2) is 24.9 Å². The smallest absolute Gasteiger partial charge is 0.312 e. The summed E-state index contributed by atoms with van der Waals surface area (Å²) >= 11 is 0. The van der Waals surface area contributed by atoms with Crippen LogP contribution in [-0.2, 0) is 22.2 Å². The predicted octanol–water partition coefficient (Wildman–Crippen LogP) is 4.04. The van der Waals surface area contributed by atoms with Crippen LogP contribution in [0, 0.1) is 5.92 Å². The van der Waals surface area contributed by atoms with Crippen molar-refractivity contribution in [2.45, 2.75) is 25.4 Å². The van der Waals surface area contributed by atoms with Crippen molar-refractivity contribution in [3.8, 4) is 0 Å². The van der Waals surface area contributed by atoms with E-state index >= 15 is 0 Å². The number of halogens is 3. The summed E-state index contributed by atoms with van der Waals surface area (Å²) in [6.07, 6.45) is -2.57. The molecule has 0 radical (unpaired) electrons. The fourth-order valence-corrected chi connectivity index (χ4v) is 3.94. The maximum Gasteiger partial charge on any atom is 0.416 e. The van der Waals surface area contributed by atoms with Gasteiger partial charge in [-0.15, -0.1) is 0 Å². The van der Waals surface area contributed by atoms with Crippen LogP contribution in [0.15, 0.2) is 48.5 Å². The number of nitrogens with zero attached hydrogens (tertiary/aromatic N) is 2. The third-order valence-corrected chi connectivity index (χ3v) is 5.36. The Bertz CT molecular complexity index is 909. The Balaban J connectivity index is 1.52. The topological polar surface area (TPSA) is 40.6 Å². The highest BCUT2D eigenvalue weighted by Crippen LogP contribution is 2.34. The van der Waals surface area contributed by atoms with E-state index < -0.39 is 17.7 Å². The number of hydrogen-bond acceptors (Lipinski definition) is 2. The van der Waals surface area contributed by atoms with E-state index in [4.69, 9.17) is 0 Å². The summed E-state index contributed by atoms with van der Waals surface area (Å²) in [6, 6.07) is 12.2. The first-order valence-electron chi connectivity index (χ1n) is 9.21. The lowest BCUT2D eigenvalue weighted by Gasteiger charge is -2.31. The maximum atomic E-state index is 13.1. The van der Waals surface area contributed by atoms with Gasteiger partial charge in [-0.2, -0.15) is 13.2 Å². The molecule has 2 aromatic carbocycles. The molecule has 2 aliphatic rings. The Morgan fingerprint density at radius 3 is 2.46 bits per heavy atom. The van der Waals surface area contributed by atoms with E-state index in [9.17, 15) is 22.8 Å². The molecule has 2 aromatic rings. The van der Waals surface area contributed by atoms with E-state index in [1.165, 1.54) is 17.0 Å². The zero-order valence-electron chi connectivity index (χ0n) is 15.1. The van der Waals surface area contributed by atoms with Gasteiger partial charge in [-0.25, -0.2) is 0 Å². The fraction of sp³-hybridized carbons (Fsp3) is 0.333. The number of anilines is 2. The van der Waals surface area contributed by atoms with Crippen molar-refractivity contribution in [2.75, 3.05) is 22.9 Å². The lowest BCUT2D eigenvalue weighted by molar-refractivity contribution is -0.137. The third-order valence-electron chi connectivity index (χ3n) is 5.36. The second-order valence-electron chi connectivity index (χ2n) is 7.17. The van der Waals surface area contributed by atoms with Crippen LogP contribution in [0.25, 0.3) is 0 Å². The number of rotatable bonds is 2. The molecule has 28 heavy (non-hydrogen) atoms. The molecule has 0 spiro atoms. The van der Waals surface area contributed by atoms with E-state index in [-0.39, 0.29) is 24.8 Å². The number of benzene rings is 2. The molecule has 146 valence electrons. The van der Waals surface area contributed by atoms with Crippen molar-refractivity contribution in [3.63, 3.8) is 0 Å². The van der Waals surface area contributed by atoms with E-state index in [1.807, 2.05) is 24.3 Å². The maximum absolute atomic E-state index is 13.1. The Morgan fingerprint density at radius 2 is 1.75 bits per heavy atom. The Labute approximate surface area is 160 Å². The molecule has 1 atom stereocenters. The minimum atomic E-state index is -4.42. The molecular weight excluding hydrogens is 369 g/mol. The molecule has 1 saturated heterocycles. The first kappa shape index (κ1) is 18.5. The quantitative estimate of drug-likeness (QED) is 0.779. The number of aryl methyl sites for hydroxylation is 1. The van der Waals surface area contributed by atoms with Gasteiger partial charge in [-0.1, -0.05) is 18.2 Å². The van der Waals surface area contributed by atoms with Crippen LogP contribution in [0.5, 0.6) is 0 Å². The zero-order valence-corrected chi connectivity index (χ0v) is 15.1. The van der Waals surface area contributed by atoms with E-state index in [0.717, 1.165) is 36.2 Å². The molecule has 2 amide bonds. The largest absolute Gasteiger partial charge is 0.416 e. The van der Waals surface area contributed by atoms with Gasteiger partial charge < -0.3 is 9.80 Å². The molecule has 7 heteroatoms. The molecule has 2 aliphatic heterocycles. The monoisotopic (exact) mass is 388 g/mol. The van der Waals surface area contributed by atoms with Crippen LogP contribution in [0.4, 0.5) is 24.5 Å². The third kappa shape index (κ3) is 3.37. The van der Waals surface area contributed by atoms with Crippen LogP contribution in [0.2, 0.25) is 0 Å². The van der Waals surface area contributed by atoms with Gasteiger partial charge in [-0.05, 0) is 48.7 Å². The summed E-state index contributed by atoms with van der Waals surface area (Å²) < 4.78 is 38.2. The minimum absolute atomic E-state index is 0.0680. The van der Waals surface area contributed by atoms with Crippen LogP contribution >= 0.6 is 0 Å². The van der Waals surface area contributed by atoms with E-state index in [0.29, 0.717) is 12.2 Å². The van der Waals surface area contributed by atoms with Crippen molar-refractivity contribution in [3.05, 3.63) is 59.7 Å². The number of hydrogen-bond donors (Lipinski definition) is 0. The normalized spacial score (nSPS) is 19.7. The van der Waals surface area contributed by atoms with Crippen molar-refractivity contribution < 1.29 is 22.8 Å². The summed E-state index contributed by atoms with van der Waals surface area (Å²) in [4.78, 5) is 28.6. The molecule has 0 saturated carbocycles. The number of carbonyl (C=O) groups is 2. The number of fused-ring (bicyclic) bond motifs is 1. The van der Waals surface area contributed by atoms with Crippen molar-refractivity contribution in [2.24, 2.45) is 5.92 Å². The summed E-state index contributed by atoms with van der Waals surface area (Å²) in [5, 5.41) is 0. The van der Waals surface area contributed by atoms with Gasteiger partial charge in [0, 0.05) is 30.9 Å². The molecule has 0 N–H and O–H groups in total. The van der Waals surface area contributed by atoms with Crippen LogP contribution in [0.1, 0.15) is 24.0 Å². The van der Waals surface area contributed by atoms with Gasteiger partial charge in [0.2, 0.25) is 11.8 Å². The van der Waals surface area contributed by atoms with Gasteiger partial charge in [0.25, 0.3) is 0 Å².